The standard InChI is InChI=1S/C7H12N2O2/c1-2-3-4-5-7(6-8)9(10)11/h7H,2-5H2,1H3. The molecule has 11 heavy (non-hydrogen) atoms. The minimum absolute atomic E-state index is 0.386. The second kappa shape index (κ2) is 5.66. The second-order valence-electron chi connectivity index (χ2n) is 2.43. The van der Waals surface area contributed by atoms with E-state index in [0.29, 0.717) is 6.42 Å². The van der Waals surface area contributed by atoms with Crippen LogP contribution in [0.1, 0.15) is 32.6 Å². The van der Waals surface area contributed by atoms with Crippen LogP contribution in [0.5, 0.6) is 0 Å². The smallest absolute Gasteiger partial charge is 0.263 e. The summed E-state index contributed by atoms with van der Waals surface area (Å²) in [5.74, 6) is 0. The van der Waals surface area contributed by atoms with Crippen molar-refractivity contribution < 1.29 is 4.92 Å². The van der Waals surface area contributed by atoms with E-state index in [2.05, 4.69) is 0 Å². The summed E-state index contributed by atoms with van der Waals surface area (Å²) in [6.45, 7) is 2.02. The van der Waals surface area contributed by atoms with Crippen molar-refractivity contribution >= 4 is 0 Å². The zero-order valence-corrected chi connectivity index (χ0v) is 6.62. The molecular formula is C7H12N2O2. The average molecular weight is 156 g/mol. The maximum absolute atomic E-state index is 10.1. The van der Waals surface area contributed by atoms with Gasteiger partial charge in [-0.1, -0.05) is 19.8 Å². The lowest BCUT2D eigenvalue weighted by molar-refractivity contribution is -0.507. The van der Waals surface area contributed by atoms with Gasteiger partial charge in [0.15, 0.2) is 0 Å². The number of nitro groups is 1. The molecule has 0 amide bonds. The summed E-state index contributed by atoms with van der Waals surface area (Å²) < 4.78 is 0. The Bertz CT molecular complexity index is 162. The van der Waals surface area contributed by atoms with Crippen molar-refractivity contribution in [2.75, 3.05) is 0 Å². The monoisotopic (exact) mass is 156 g/mol. The van der Waals surface area contributed by atoms with Gasteiger partial charge in [0.1, 0.15) is 6.07 Å². The van der Waals surface area contributed by atoms with Gasteiger partial charge in [0.05, 0.1) is 0 Å². The minimum atomic E-state index is -0.999. The fourth-order valence-corrected chi connectivity index (χ4v) is 0.805. The number of unbranched alkanes of at least 4 members (excludes halogenated alkanes) is 2. The third-order valence-electron chi connectivity index (χ3n) is 1.48. The van der Waals surface area contributed by atoms with E-state index in [-0.39, 0.29) is 0 Å². The molecule has 0 radical (unpaired) electrons. The van der Waals surface area contributed by atoms with Crippen LogP contribution in [0.4, 0.5) is 0 Å². The molecule has 0 saturated carbocycles. The van der Waals surface area contributed by atoms with Crippen LogP contribution in [0, 0.1) is 21.4 Å². The van der Waals surface area contributed by atoms with Crippen LogP contribution in [-0.4, -0.2) is 11.0 Å². The summed E-state index contributed by atoms with van der Waals surface area (Å²) in [6.07, 6.45) is 3.15. The number of hydrogen-bond acceptors (Lipinski definition) is 3. The molecule has 4 heteroatoms. The molecule has 0 fully saturated rings. The Morgan fingerprint density at radius 1 is 1.64 bits per heavy atom. The molecule has 0 N–H and O–H groups in total. The number of nitriles is 1. The van der Waals surface area contributed by atoms with Crippen molar-refractivity contribution in [3.05, 3.63) is 10.1 Å². The molecule has 4 nitrogen and oxygen atoms in total. The first kappa shape index (κ1) is 9.89. The van der Waals surface area contributed by atoms with Crippen LogP contribution >= 0.6 is 0 Å². The normalized spacial score (nSPS) is 12.0. The van der Waals surface area contributed by atoms with E-state index < -0.39 is 11.0 Å². The quantitative estimate of drug-likeness (QED) is 0.346. The zero-order chi connectivity index (χ0) is 8.69. The lowest BCUT2D eigenvalue weighted by atomic mass is 10.1. The zero-order valence-electron chi connectivity index (χ0n) is 6.62. The van der Waals surface area contributed by atoms with Crippen molar-refractivity contribution in [2.45, 2.75) is 38.6 Å². The molecule has 0 bridgehead atoms. The SMILES string of the molecule is CCCCCC(C#N)[N+](=O)[O-]. The third kappa shape index (κ3) is 4.31. The highest BCUT2D eigenvalue weighted by molar-refractivity contribution is 4.82. The lowest BCUT2D eigenvalue weighted by Crippen LogP contribution is -2.16. The van der Waals surface area contributed by atoms with Crippen LogP contribution in [0.25, 0.3) is 0 Å². The number of rotatable bonds is 5. The van der Waals surface area contributed by atoms with Gasteiger partial charge in [-0.2, -0.15) is 5.26 Å². The highest BCUT2D eigenvalue weighted by Crippen LogP contribution is 2.04. The molecule has 62 valence electrons. The molecule has 1 unspecified atom stereocenters. The Morgan fingerprint density at radius 3 is 2.64 bits per heavy atom. The van der Waals surface area contributed by atoms with E-state index in [1.54, 1.807) is 6.07 Å². The van der Waals surface area contributed by atoms with E-state index in [9.17, 15) is 10.1 Å². The van der Waals surface area contributed by atoms with Crippen LogP contribution in [0.15, 0.2) is 0 Å². The highest BCUT2D eigenvalue weighted by Gasteiger charge is 2.16. The molecular weight excluding hydrogens is 144 g/mol. The first-order valence-electron chi connectivity index (χ1n) is 3.75. The highest BCUT2D eigenvalue weighted by atomic mass is 16.6. The van der Waals surface area contributed by atoms with E-state index in [0.717, 1.165) is 19.3 Å². The van der Waals surface area contributed by atoms with Crippen LogP contribution in [0.3, 0.4) is 0 Å². The molecule has 0 aromatic heterocycles. The maximum Gasteiger partial charge on any atom is 0.296 e. The van der Waals surface area contributed by atoms with Crippen molar-refractivity contribution in [1.82, 2.24) is 0 Å². The number of nitrogens with zero attached hydrogens (tertiary/aromatic N) is 2. The lowest BCUT2D eigenvalue weighted by Gasteiger charge is -1.98. The molecule has 0 aliphatic carbocycles. The Labute approximate surface area is 66.0 Å². The molecule has 0 aliphatic rings. The minimum Gasteiger partial charge on any atom is -0.263 e. The molecule has 1 atom stereocenters. The van der Waals surface area contributed by atoms with E-state index in [1.165, 1.54) is 0 Å². The number of hydrogen-bond donors (Lipinski definition) is 0. The summed E-state index contributed by atoms with van der Waals surface area (Å²) in [5, 5.41) is 18.4. The predicted molar refractivity (Wildman–Crippen MR) is 40.5 cm³/mol. The molecule has 0 heterocycles. The van der Waals surface area contributed by atoms with Crippen molar-refractivity contribution in [3.8, 4) is 6.07 Å². The Hall–Kier alpha value is -1.11. The first-order chi connectivity index (χ1) is 5.22. The van der Waals surface area contributed by atoms with Crippen molar-refractivity contribution in [3.63, 3.8) is 0 Å². The van der Waals surface area contributed by atoms with Crippen molar-refractivity contribution in [2.24, 2.45) is 0 Å². The molecule has 0 aromatic rings. The molecule has 0 aromatic carbocycles. The van der Waals surface area contributed by atoms with Crippen molar-refractivity contribution in [1.29, 1.82) is 5.26 Å². The fourth-order valence-electron chi connectivity index (χ4n) is 0.805. The Balaban J connectivity index is 3.55. The van der Waals surface area contributed by atoms with Gasteiger partial charge >= 0.3 is 0 Å². The van der Waals surface area contributed by atoms with E-state index in [1.807, 2.05) is 6.92 Å². The van der Waals surface area contributed by atoms with Gasteiger partial charge in [0, 0.05) is 11.3 Å². The molecule has 0 spiro atoms. The fraction of sp³-hybridized carbons (Fsp3) is 0.857. The molecule has 0 aliphatic heterocycles. The summed E-state index contributed by atoms with van der Waals surface area (Å²) in [7, 11) is 0. The van der Waals surface area contributed by atoms with Gasteiger partial charge in [-0.3, -0.25) is 10.1 Å². The first-order valence-corrected chi connectivity index (χ1v) is 3.75. The van der Waals surface area contributed by atoms with Gasteiger partial charge in [-0.25, -0.2) is 0 Å². The topological polar surface area (TPSA) is 66.9 Å². The van der Waals surface area contributed by atoms with Gasteiger partial charge in [-0.15, -0.1) is 0 Å². The Kier molecular flexibility index (Phi) is 5.09. The average Bonchev–Trinajstić information content (AvgIpc) is 1.97. The van der Waals surface area contributed by atoms with Crippen LogP contribution < -0.4 is 0 Å². The van der Waals surface area contributed by atoms with Gasteiger partial charge in [-0.05, 0) is 6.42 Å². The van der Waals surface area contributed by atoms with E-state index >= 15 is 0 Å². The Morgan fingerprint density at radius 2 is 2.27 bits per heavy atom. The summed E-state index contributed by atoms with van der Waals surface area (Å²) in [4.78, 5) is 9.59. The summed E-state index contributed by atoms with van der Waals surface area (Å²) in [6, 6.07) is 0.663. The van der Waals surface area contributed by atoms with Gasteiger partial charge in [0.2, 0.25) is 0 Å². The third-order valence-corrected chi connectivity index (χ3v) is 1.48. The molecule has 0 saturated heterocycles. The second-order valence-corrected chi connectivity index (χ2v) is 2.43. The van der Waals surface area contributed by atoms with Gasteiger partial charge in [0.25, 0.3) is 6.04 Å². The van der Waals surface area contributed by atoms with Gasteiger partial charge < -0.3 is 0 Å². The molecule has 0 rings (SSSR count). The largest absolute Gasteiger partial charge is 0.296 e. The summed E-state index contributed by atoms with van der Waals surface area (Å²) >= 11 is 0. The van der Waals surface area contributed by atoms with Crippen LogP contribution in [-0.2, 0) is 0 Å². The van der Waals surface area contributed by atoms with Crippen LogP contribution in [0.2, 0.25) is 0 Å². The van der Waals surface area contributed by atoms with E-state index in [4.69, 9.17) is 5.26 Å². The predicted octanol–water partition coefficient (Wildman–Crippen LogP) is 1.74. The maximum atomic E-state index is 10.1. The summed E-state index contributed by atoms with van der Waals surface area (Å²) in [5.41, 5.74) is 0.